The van der Waals surface area contributed by atoms with E-state index < -0.39 is 0 Å². The highest BCUT2D eigenvalue weighted by Gasteiger charge is 2.25. The Labute approximate surface area is 149 Å². The fraction of sp³-hybridized carbons (Fsp3) is 0.632. The summed E-state index contributed by atoms with van der Waals surface area (Å²) in [6.07, 6.45) is 9.42. The Balaban J connectivity index is 1.39. The molecule has 0 N–H and O–H groups in total. The van der Waals surface area contributed by atoms with Gasteiger partial charge >= 0.3 is 0 Å². The normalized spacial score (nSPS) is 19.7. The summed E-state index contributed by atoms with van der Waals surface area (Å²) in [4.78, 5) is 13.7. The SMILES string of the molecule is Cc1nccc(N2CCN(Cc3cn(C)nc3C3CCCC3)CC2)n1. The molecule has 0 aromatic carbocycles. The van der Waals surface area contributed by atoms with Crippen molar-refractivity contribution in [2.75, 3.05) is 31.1 Å². The van der Waals surface area contributed by atoms with Crippen LogP contribution in [0.2, 0.25) is 0 Å². The van der Waals surface area contributed by atoms with Crippen LogP contribution in [0.4, 0.5) is 5.82 Å². The van der Waals surface area contributed by atoms with Gasteiger partial charge in [0.2, 0.25) is 0 Å². The summed E-state index contributed by atoms with van der Waals surface area (Å²) < 4.78 is 2.00. The van der Waals surface area contributed by atoms with Gasteiger partial charge in [-0.2, -0.15) is 5.10 Å². The number of anilines is 1. The van der Waals surface area contributed by atoms with Gasteiger partial charge in [-0.05, 0) is 25.8 Å². The maximum atomic E-state index is 4.79. The zero-order chi connectivity index (χ0) is 17.2. The number of hydrogen-bond donors (Lipinski definition) is 0. The van der Waals surface area contributed by atoms with Crippen molar-refractivity contribution in [3.05, 3.63) is 35.5 Å². The van der Waals surface area contributed by atoms with Crippen molar-refractivity contribution in [3.8, 4) is 0 Å². The highest BCUT2D eigenvalue weighted by molar-refractivity contribution is 5.38. The molecule has 0 unspecified atom stereocenters. The Morgan fingerprint density at radius 1 is 1.12 bits per heavy atom. The molecule has 2 fully saturated rings. The van der Waals surface area contributed by atoms with Crippen molar-refractivity contribution in [2.45, 2.75) is 45.1 Å². The van der Waals surface area contributed by atoms with Gasteiger partial charge in [0.05, 0.1) is 5.69 Å². The maximum Gasteiger partial charge on any atom is 0.132 e. The molecule has 4 rings (SSSR count). The number of hydrogen-bond acceptors (Lipinski definition) is 5. The average molecular weight is 340 g/mol. The van der Waals surface area contributed by atoms with E-state index in [9.17, 15) is 0 Å². The summed E-state index contributed by atoms with van der Waals surface area (Å²) >= 11 is 0. The van der Waals surface area contributed by atoms with Crippen LogP contribution in [-0.4, -0.2) is 50.8 Å². The quantitative estimate of drug-likeness (QED) is 0.856. The molecule has 25 heavy (non-hydrogen) atoms. The fourth-order valence-electron chi connectivity index (χ4n) is 4.22. The van der Waals surface area contributed by atoms with Crippen molar-refractivity contribution in [3.63, 3.8) is 0 Å². The molecule has 6 nitrogen and oxygen atoms in total. The van der Waals surface area contributed by atoms with Gasteiger partial charge in [-0.15, -0.1) is 0 Å². The van der Waals surface area contributed by atoms with Gasteiger partial charge in [0.1, 0.15) is 11.6 Å². The van der Waals surface area contributed by atoms with E-state index in [1.54, 1.807) is 0 Å². The van der Waals surface area contributed by atoms with Crippen LogP contribution in [0.1, 0.15) is 48.7 Å². The number of nitrogens with zero attached hydrogens (tertiary/aromatic N) is 6. The van der Waals surface area contributed by atoms with Crippen LogP contribution in [0.25, 0.3) is 0 Å². The first-order valence-electron chi connectivity index (χ1n) is 9.48. The second-order valence-electron chi connectivity index (χ2n) is 7.42. The molecule has 3 heterocycles. The molecule has 0 spiro atoms. The van der Waals surface area contributed by atoms with E-state index in [1.807, 2.05) is 23.9 Å². The van der Waals surface area contributed by atoms with Gasteiger partial charge in [0.25, 0.3) is 0 Å². The standard InChI is InChI=1S/C19H28N6/c1-15-20-8-7-18(21-15)25-11-9-24(10-12-25)14-17-13-23(2)22-19(17)16-5-3-4-6-16/h7-8,13,16H,3-6,9-12,14H2,1-2H3. The zero-order valence-electron chi connectivity index (χ0n) is 15.4. The number of aromatic nitrogens is 4. The molecule has 0 radical (unpaired) electrons. The molecule has 0 atom stereocenters. The van der Waals surface area contributed by atoms with E-state index in [0.29, 0.717) is 5.92 Å². The molecule has 1 aliphatic carbocycles. The van der Waals surface area contributed by atoms with Crippen LogP contribution in [-0.2, 0) is 13.6 Å². The van der Waals surface area contributed by atoms with E-state index in [1.165, 1.54) is 36.9 Å². The second kappa shape index (κ2) is 7.12. The average Bonchev–Trinajstić information content (AvgIpc) is 3.25. The van der Waals surface area contributed by atoms with Gasteiger partial charge in [0.15, 0.2) is 0 Å². The highest BCUT2D eigenvalue weighted by Crippen LogP contribution is 2.35. The monoisotopic (exact) mass is 340 g/mol. The lowest BCUT2D eigenvalue weighted by Crippen LogP contribution is -2.46. The molecule has 1 aliphatic heterocycles. The van der Waals surface area contributed by atoms with Gasteiger partial charge in [-0.1, -0.05) is 12.8 Å². The first-order valence-corrected chi connectivity index (χ1v) is 9.48. The third-order valence-corrected chi connectivity index (χ3v) is 5.53. The molecular weight excluding hydrogens is 312 g/mol. The molecule has 0 bridgehead atoms. The minimum absolute atomic E-state index is 0.682. The Hall–Kier alpha value is -1.95. The van der Waals surface area contributed by atoms with E-state index in [2.05, 4.69) is 33.0 Å². The van der Waals surface area contributed by atoms with Gasteiger partial charge in [-0.25, -0.2) is 9.97 Å². The second-order valence-corrected chi connectivity index (χ2v) is 7.42. The number of rotatable bonds is 4. The summed E-state index contributed by atoms with van der Waals surface area (Å²) in [7, 11) is 2.05. The number of aryl methyl sites for hydroxylation is 2. The van der Waals surface area contributed by atoms with Crippen molar-refractivity contribution in [2.24, 2.45) is 7.05 Å². The maximum absolute atomic E-state index is 4.79. The largest absolute Gasteiger partial charge is 0.354 e. The van der Waals surface area contributed by atoms with Gasteiger partial charge in [-0.3, -0.25) is 9.58 Å². The summed E-state index contributed by atoms with van der Waals surface area (Å²) in [5, 5.41) is 4.79. The molecule has 6 heteroatoms. The predicted molar refractivity (Wildman–Crippen MR) is 98.7 cm³/mol. The van der Waals surface area contributed by atoms with Crippen LogP contribution < -0.4 is 4.90 Å². The Bertz CT molecular complexity index is 710. The molecule has 134 valence electrons. The Kier molecular flexibility index (Phi) is 4.70. The molecule has 2 aliphatic rings. The lowest BCUT2D eigenvalue weighted by molar-refractivity contribution is 0.248. The first-order chi connectivity index (χ1) is 12.2. The summed E-state index contributed by atoms with van der Waals surface area (Å²) in [5.41, 5.74) is 2.79. The Morgan fingerprint density at radius 3 is 2.60 bits per heavy atom. The van der Waals surface area contributed by atoms with E-state index >= 15 is 0 Å². The first kappa shape index (κ1) is 16.5. The predicted octanol–water partition coefficient (Wildman–Crippen LogP) is 2.50. The van der Waals surface area contributed by atoms with E-state index in [-0.39, 0.29) is 0 Å². The van der Waals surface area contributed by atoms with Crippen LogP contribution in [0.15, 0.2) is 18.5 Å². The lowest BCUT2D eigenvalue weighted by atomic mass is 10.00. The minimum Gasteiger partial charge on any atom is -0.354 e. The van der Waals surface area contributed by atoms with Crippen LogP contribution in [0.3, 0.4) is 0 Å². The van der Waals surface area contributed by atoms with Gasteiger partial charge < -0.3 is 4.90 Å². The fourth-order valence-corrected chi connectivity index (χ4v) is 4.22. The van der Waals surface area contributed by atoms with E-state index in [4.69, 9.17) is 5.10 Å². The minimum atomic E-state index is 0.682. The topological polar surface area (TPSA) is 50.1 Å². The number of piperazine rings is 1. The molecule has 1 saturated carbocycles. The van der Waals surface area contributed by atoms with Crippen molar-refractivity contribution >= 4 is 5.82 Å². The molecular formula is C19H28N6. The van der Waals surface area contributed by atoms with Crippen LogP contribution in [0.5, 0.6) is 0 Å². The van der Waals surface area contributed by atoms with Crippen LogP contribution >= 0.6 is 0 Å². The zero-order valence-corrected chi connectivity index (χ0v) is 15.4. The van der Waals surface area contributed by atoms with Gasteiger partial charge in [0, 0.05) is 63.6 Å². The highest BCUT2D eigenvalue weighted by atomic mass is 15.3. The lowest BCUT2D eigenvalue weighted by Gasteiger charge is -2.35. The molecule has 1 saturated heterocycles. The van der Waals surface area contributed by atoms with Crippen molar-refractivity contribution in [1.82, 2.24) is 24.6 Å². The van der Waals surface area contributed by atoms with Crippen molar-refractivity contribution in [1.29, 1.82) is 0 Å². The van der Waals surface area contributed by atoms with Crippen LogP contribution in [0, 0.1) is 6.92 Å². The molecule has 0 amide bonds. The summed E-state index contributed by atoms with van der Waals surface area (Å²) in [6.45, 7) is 7.16. The molecule has 2 aromatic heterocycles. The summed E-state index contributed by atoms with van der Waals surface area (Å²) in [5.74, 6) is 2.58. The summed E-state index contributed by atoms with van der Waals surface area (Å²) in [6, 6.07) is 2.02. The van der Waals surface area contributed by atoms with Crippen molar-refractivity contribution < 1.29 is 0 Å². The Morgan fingerprint density at radius 2 is 1.88 bits per heavy atom. The van der Waals surface area contributed by atoms with E-state index in [0.717, 1.165) is 44.4 Å². The molecule has 2 aromatic rings. The third-order valence-electron chi connectivity index (χ3n) is 5.53. The smallest absolute Gasteiger partial charge is 0.132 e. The third kappa shape index (κ3) is 3.68.